The van der Waals surface area contributed by atoms with E-state index < -0.39 is 12.0 Å². The Bertz CT molecular complexity index is 345. The molecule has 122 valence electrons. The molecular formula is C14H27N3O4. The molecule has 0 rings (SSSR count). The molecule has 0 bridgehead atoms. The molecule has 1 unspecified atom stereocenters. The average molecular weight is 301 g/mol. The third-order valence-electron chi connectivity index (χ3n) is 2.74. The Morgan fingerprint density at radius 2 is 1.81 bits per heavy atom. The number of carboxylic acid groups (broad SMARTS) is 1. The van der Waals surface area contributed by atoms with E-state index in [2.05, 4.69) is 16.0 Å². The second-order valence-electron chi connectivity index (χ2n) is 5.43. The minimum Gasteiger partial charge on any atom is -0.481 e. The number of carbonyl (C=O) groups excluding carboxylic acids is 2. The molecule has 0 aromatic rings. The second-order valence-corrected chi connectivity index (χ2v) is 5.43. The molecular weight excluding hydrogens is 274 g/mol. The summed E-state index contributed by atoms with van der Waals surface area (Å²) >= 11 is 0. The van der Waals surface area contributed by atoms with Crippen molar-refractivity contribution in [2.24, 2.45) is 5.92 Å². The van der Waals surface area contributed by atoms with Crippen LogP contribution in [0.5, 0.6) is 0 Å². The third kappa shape index (κ3) is 11.7. The van der Waals surface area contributed by atoms with Gasteiger partial charge in [0.1, 0.15) is 0 Å². The third-order valence-corrected chi connectivity index (χ3v) is 2.74. The normalized spacial score (nSPS) is 11.8. The highest BCUT2D eigenvalue weighted by atomic mass is 16.4. The van der Waals surface area contributed by atoms with E-state index in [4.69, 9.17) is 5.11 Å². The fraction of sp³-hybridized carbons (Fsp3) is 0.786. The van der Waals surface area contributed by atoms with Crippen molar-refractivity contribution in [2.75, 3.05) is 13.1 Å². The van der Waals surface area contributed by atoms with Gasteiger partial charge in [-0.05, 0) is 12.3 Å². The minimum atomic E-state index is -0.943. The van der Waals surface area contributed by atoms with Crippen molar-refractivity contribution in [3.05, 3.63) is 0 Å². The van der Waals surface area contributed by atoms with Gasteiger partial charge in [-0.25, -0.2) is 4.79 Å². The number of rotatable bonds is 10. The summed E-state index contributed by atoms with van der Waals surface area (Å²) in [6.45, 7) is 6.77. The van der Waals surface area contributed by atoms with Gasteiger partial charge in [0.25, 0.3) is 0 Å². The molecule has 0 spiro atoms. The molecule has 1 atom stereocenters. The molecule has 0 aliphatic carbocycles. The lowest BCUT2D eigenvalue weighted by Gasteiger charge is -2.16. The van der Waals surface area contributed by atoms with E-state index in [1.54, 1.807) is 0 Å². The molecule has 0 aromatic heterocycles. The molecule has 0 saturated heterocycles. The predicted molar refractivity (Wildman–Crippen MR) is 79.9 cm³/mol. The van der Waals surface area contributed by atoms with Gasteiger partial charge in [-0.2, -0.15) is 0 Å². The Kier molecular flexibility index (Phi) is 10.0. The molecule has 4 N–H and O–H groups in total. The van der Waals surface area contributed by atoms with Crippen LogP contribution in [0, 0.1) is 5.92 Å². The van der Waals surface area contributed by atoms with E-state index in [0.717, 1.165) is 6.42 Å². The van der Waals surface area contributed by atoms with Crippen LogP contribution in [-0.2, 0) is 9.59 Å². The Hall–Kier alpha value is -1.79. The molecule has 0 aliphatic rings. The summed E-state index contributed by atoms with van der Waals surface area (Å²) in [5, 5.41) is 16.7. The van der Waals surface area contributed by atoms with Crippen LogP contribution in [-0.4, -0.2) is 42.1 Å². The van der Waals surface area contributed by atoms with Crippen molar-refractivity contribution < 1.29 is 19.5 Å². The van der Waals surface area contributed by atoms with Crippen molar-refractivity contribution in [1.82, 2.24) is 16.0 Å². The van der Waals surface area contributed by atoms with Gasteiger partial charge in [0.15, 0.2) is 0 Å². The van der Waals surface area contributed by atoms with Gasteiger partial charge >= 0.3 is 12.0 Å². The van der Waals surface area contributed by atoms with Gasteiger partial charge in [0.2, 0.25) is 5.91 Å². The molecule has 0 fully saturated rings. The average Bonchev–Trinajstić information content (AvgIpc) is 2.35. The molecule has 7 heteroatoms. The Morgan fingerprint density at radius 1 is 1.14 bits per heavy atom. The zero-order valence-electron chi connectivity index (χ0n) is 13.1. The van der Waals surface area contributed by atoms with Crippen LogP contribution in [0.4, 0.5) is 4.79 Å². The summed E-state index contributed by atoms with van der Waals surface area (Å²) in [7, 11) is 0. The lowest BCUT2D eigenvalue weighted by Crippen LogP contribution is -2.44. The summed E-state index contributed by atoms with van der Waals surface area (Å²) in [6.07, 6.45) is 1.50. The Morgan fingerprint density at radius 3 is 2.33 bits per heavy atom. The van der Waals surface area contributed by atoms with Crippen LogP contribution in [0.25, 0.3) is 0 Å². The number of hydrogen-bond donors (Lipinski definition) is 4. The molecule has 0 saturated carbocycles. The van der Waals surface area contributed by atoms with E-state index in [1.165, 1.54) is 0 Å². The van der Waals surface area contributed by atoms with Crippen molar-refractivity contribution in [1.29, 1.82) is 0 Å². The van der Waals surface area contributed by atoms with Crippen LogP contribution >= 0.6 is 0 Å². The van der Waals surface area contributed by atoms with Crippen molar-refractivity contribution in [3.8, 4) is 0 Å². The molecule has 3 amide bonds. The lowest BCUT2D eigenvalue weighted by molar-refractivity contribution is -0.137. The van der Waals surface area contributed by atoms with Gasteiger partial charge < -0.3 is 21.1 Å². The van der Waals surface area contributed by atoms with Crippen LogP contribution in [0.15, 0.2) is 0 Å². The van der Waals surface area contributed by atoms with Crippen molar-refractivity contribution >= 4 is 17.9 Å². The number of aliphatic carboxylic acids is 1. The minimum absolute atomic E-state index is 0.101. The first kappa shape index (κ1) is 19.2. The standard InChI is InChI=1S/C14H27N3O4/c1-4-5-11(8-13(19)20)17-14(21)15-7-6-12(18)16-9-10(2)3/h10-11H,4-9H2,1-3H3,(H,16,18)(H,19,20)(H2,15,17,21). The van der Waals surface area contributed by atoms with Gasteiger partial charge in [0.05, 0.1) is 6.42 Å². The summed E-state index contributed by atoms with van der Waals surface area (Å²) in [5.41, 5.74) is 0. The first-order chi connectivity index (χ1) is 9.85. The zero-order chi connectivity index (χ0) is 16.3. The first-order valence-corrected chi connectivity index (χ1v) is 7.38. The highest BCUT2D eigenvalue weighted by Gasteiger charge is 2.14. The van der Waals surface area contributed by atoms with Gasteiger partial charge in [-0.1, -0.05) is 27.2 Å². The molecule has 21 heavy (non-hydrogen) atoms. The number of amides is 3. The number of carboxylic acids is 1. The topological polar surface area (TPSA) is 108 Å². The van der Waals surface area contributed by atoms with E-state index in [1.807, 2.05) is 20.8 Å². The van der Waals surface area contributed by atoms with Crippen LogP contribution < -0.4 is 16.0 Å². The molecule has 0 radical (unpaired) electrons. The van der Waals surface area contributed by atoms with Crippen LogP contribution in [0.3, 0.4) is 0 Å². The second kappa shape index (κ2) is 10.9. The number of hydrogen-bond acceptors (Lipinski definition) is 3. The first-order valence-electron chi connectivity index (χ1n) is 7.38. The largest absolute Gasteiger partial charge is 0.481 e. The zero-order valence-corrected chi connectivity index (χ0v) is 13.1. The quantitative estimate of drug-likeness (QED) is 0.484. The highest BCUT2D eigenvalue weighted by molar-refractivity contribution is 5.78. The highest BCUT2D eigenvalue weighted by Crippen LogP contribution is 2.01. The maximum Gasteiger partial charge on any atom is 0.315 e. The molecule has 0 aromatic carbocycles. The van der Waals surface area contributed by atoms with Crippen LogP contribution in [0.2, 0.25) is 0 Å². The van der Waals surface area contributed by atoms with Gasteiger partial charge in [-0.15, -0.1) is 0 Å². The van der Waals surface area contributed by atoms with Crippen LogP contribution in [0.1, 0.15) is 46.5 Å². The summed E-state index contributed by atoms with van der Waals surface area (Å²) in [4.78, 5) is 33.7. The summed E-state index contributed by atoms with van der Waals surface area (Å²) < 4.78 is 0. The summed E-state index contributed by atoms with van der Waals surface area (Å²) in [5.74, 6) is -0.669. The lowest BCUT2D eigenvalue weighted by atomic mass is 10.1. The van der Waals surface area contributed by atoms with Crippen molar-refractivity contribution in [3.63, 3.8) is 0 Å². The van der Waals surface area contributed by atoms with E-state index in [0.29, 0.717) is 18.9 Å². The fourth-order valence-corrected chi connectivity index (χ4v) is 1.72. The number of carbonyl (C=O) groups is 3. The van der Waals surface area contributed by atoms with Crippen molar-refractivity contribution in [2.45, 2.75) is 52.5 Å². The Balaban J connectivity index is 3.91. The SMILES string of the molecule is CCCC(CC(=O)O)NC(=O)NCCC(=O)NCC(C)C. The fourth-order valence-electron chi connectivity index (χ4n) is 1.72. The molecule has 0 heterocycles. The number of urea groups is 1. The maximum absolute atomic E-state index is 11.6. The molecule has 7 nitrogen and oxygen atoms in total. The van der Waals surface area contributed by atoms with Gasteiger partial charge in [-0.3, -0.25) is 9.59 Å². The van der Waals surface area contributed by atoms with E-state index in [-0.39, 0.29) is 31.3 Å². The molecule has 0 aliphatic heterocycles. The number of nitrogens with one attached hydrogen (secondary N) is 3. The van der Waals surface area contributed by atoms with Gasteiger partial charge in [0, 0.05) is 25.6 Å². The van der Waals surface area contributed by atoms with E-state index in [9.17, 15) is 14.4 Å². The smallest absolute Gasteiger partial charge is 0.315 e. The van der Waals surface area contributed by atoms with E-state index >= 15 is 0 Å². The summed E-state index contributed by atoms with van der Waals surface area (Å²) in [6, 6.07) is -0.825. The predicted octanol–water partition coefficient (Wildman–Crippen LogP) is 1.09. The Labute approximate surface area is 125 Å². The maximum atomic E-state index is 11.6. The monoisotopic (exact) mass is 301 g/mol.